The maximum atomic E-state index is 13.1. The first-order chi connectivity index (χ1) is 17.7. The zero-order valence-corrected chi connectivity index (χ0v) is 21.9. The Morgan fingerprint density at radius 3 is 2.08 bits per heavy atom. The Morgan fingerprint density at radius 1 is 0.838 bits per heavy atom. The van der Waals surface area contributed by atoms with Gasteiger partial charge in [0.1, 0.15) is 5.75 Å². The van der Waals surface area contributed by atoms with E-state index in [4.69, 9.17) is 51.1 Å². The Hall–Kier alpha value is -3.10. The minimum atomic E-state index is -0.744. The summed E-state index contributed by atoms with van der Waals surface area (Å²) in [4.78, 5) is 54.0. The molecule has 3 aromatic rings. The van der Waals surface area contributed by atoms with Crippen molar-refractivity contribution in [2.75, 3.05) is 11.4 Å². The molecule has 2 heterocycles. The predicted octanol–water partition coefficient (Wildman–Crippen LogP) is 6.05. The van der Waals surface area contributed by atoms with Crippen molar-refractivity contribution in [3.8, 4) is 5.75 Å². The standard InChI is InChI=1S/C26H16Cl4N2O5/c27-20-18-19(21(28)23(30)22(20)29)25(35)32(24(18)34)15-7-4-8-16(10-15)37-26(36)14-9-17(33)31(12-14)11-13-5-2-1-3-6-13/h1-8,10,14H,9,11-12H2/t14-/m0/s1. The van der Waals surface area contributed by atoms with Crippen molar-refractivity contribution in [2.45, 2.75) is 13.0 Å². The molecule has 11 heteroatoms. The number of hydrogen-bond donors (Lipinski definition) is 0. The Labute approximate surface area is 231 Å². The lowest BCUT2D eigenvalue weighted by Crippen LogP contribution is -2.29. The molecule has 3 amide bonds. The van der Waals surface area contributed by atoms with E-state index >= 15 is 0 Å². The molecule has 37 heavy (non-hydrogen) atoms. The van der Waals surface area contributed by atoms with Gasteiger partial charge in [0.05, 0.1) is 42.8 Å². The van der Waals surface area contributed by atoms with Crippen LogP contribution in [0.2, 0.25) is 20.1 Å². The average molecular weight is 578 g/mol. The number of rotatable bonds is 5. The molecule has 1 saturated heterocycles. The summed E-state index contributed by atoms with van der Waals surface area (Å²) in [6.45, 7) is 0.626. The minimum absolute atomic E-state index is 0.0300. The smallest absolute Gasteiger partial charge is 0.316 e. The number of esters is 1. The molecule has 0 bridgehead atoms. The molecule has 0 N–H and O–H groups in total. The van der Waals surface area contributed by atoms with E-state index in [1.54, 1.807) is 4.90 Å². The number of ether oxygens (including phenoxy) is 1. The van der Waals surface area contributed by atoms with E-state index < -0.39 is 23.7 Å². The van der Waals surface area contributed by atoms with E-state index in [9.17, 15) is 19.2 Å². The number of likely N-dealkylation sites (tertiary alicyclic amines) is 1. The molecule has 2 aliphatic heterocycles. The third-order valence-electron chi connectivity index (χ3n) is 6.16. The SMILES string of the molecule is O=C(Oc1cccc(N2C(=O)c3c(Cl)c(Cl)c(Cl)c(Cl)c3C2=O)c1)[C@H]1CC(=O)N(Cc2ccccc2)C1. The van der Waals surface area contributed by atoms with Crippen LogP contribution in [0.4, 0.5) is 5.69 Å². The predicted molar refractivity (Wildman–Crippen MR) is 140 cm³/mol. The van der Waals surface area contributed by atoms with Gasteiger partial charge in [-0.2, -0.15) is 0 Å². The highest BCUT2D eigenvalue weighted by Crippen LogP contribution is 2.45. The molecule has 3 aromatic carbocycles. The van der Waals surface area contributed by atoms with Crippen LogP contribution in [-0.2, 0) is 16.1 Å². The zero-order chi connectivity index (χ0) is 26.4. The average Bonchev–Trinajstić information content (AvgIpc) is 3.38. The van der Waals surface area contributed by atoms with Crippen LogP contribution < -0.4 is 9.64 Å². The van der Waals surface area contributed by atoms with Gasteiger partial charge in [0, 0.05) is 25.6 Å². The van der Waals surface area contributed by atoms with E-state index in [0.29, 0.717) is 6.54 Å². The van der Waals surface area contributed by atoms with Crippen LogP contribution in [0.25, 0.3) is 0 Å². The number of nitrogens with zero attached hydrogens (tertiary/aromatic N) is 2. The van der Waals surface area contributed by atoms with E-state index in [2.05, 4.69) is 0 Å². The summed E-state index contributed by atoms with van der Waals surface area (Å²) in [5, 5.41) is -0.628. The highest BCUT2D eigenvalue weighted by Gasteiger charge is 2.42. The van der Waals surface area contributed by atoms with Gasteiger partial charge in [0.15, 0.2) is 0 Å². The second-order valence-electron chi connectivity index (χ2n) is 8.53. The number of anilines is 1. The maximum Gasteiger partial charge on any atom is 0.316 e. The third kappa shape index (κ3) is 4.57. The number of amides is 3. The van der Waals surface area contributed by atoms with E-state index in [1.807, 2.05) is 30.3 Å². The van der Waals surface area contributed by atoms with Crippen molar-refractivity contribution in [1.29, 1.82) is 0 Å². The normalized spacial score (nSPS) is 17.0. The topological polar surface area (TPSA) is 84.0 Å². The fourth-order valence-corrected chi connectivity index (χ4v) is 5.37. The number of carbonyl (C=O) groups is 4. The molecule has 1 fully saturated rings. The molecule has 0 unspecified atom stereocenters. The van der Waals surface area contributed by atoms with Crippen LogP contribution in [0, 0.1) is 5.92 Å². The van der Waals surface area contributed by atoms with Gasteiger partial charge in [0.25, 0.3) is 11.8 Å². The van der Waals surface area contributed by atoms with Gasteiger partial charge in [-0.25, -0.2) is 4.90 Å². The lowest BCUT2D eigenvalue weighted by atomic mass is 10.1. The monoisotopic (exact) mass is 576 g/mol. The number of fused-ring (bicyclic) bond motifs is 1. The van der Waals surface area contributed by atoms with Crippen LogP contribution in [0.5, 0.6) is 5.75 Å². The summed E-state index contributed by atoms with van der Waals surface area (Å²) in [6, 6.07) is 15.4. The molecule has 1 atom stereocenters. The summed E-state index contributed by atoms with van der Waals surface area (Å²) < 4.78 is 5.52. The molecule has 0 aliphatic carbocycles. The number of halogens is 4. The highest BCUT2D eigenvalue weighted by atomic mass is 35.5. The first-order valence-corrected chi connectivity index (χ1v) is 12.6. The van der Waals surface area contributed by atoms with Crippen LogP contribution in [0.3, 0.4) is 0 Å². The number of carbonyl (C=O) groups excluding carboxylic acids is 4. The molecular weight excluding hydrogens is 562 g/mol. The van der Waals surface area contributed by atoms with Gasteiger partial charge in [0.2, 0.25) is 5.91 Å². The molecule has 0 spiro atoms. The van der Waals surface area contributed by atoms with Crippen molar-refractivity contribution in [2.24, 2.45) is 5.92 Å². The first-order valence-electron chi connectivity index (χ1n) is 11.1. The van der Waals surface area contributed by atoms with Gasteiger partial charge in [-0.15, -0.1) is 0 Å². The number of imide groups is 1. The lowest BCUT2D eigenvalue weighted by Gasteiger charge is -2.17. The van der Waals surface area contributed by atoms with Crippen molar-refractivity contribution >= 4 is 75.8 Å². The molecule has 188 valence electrons. The van der Waals surface area contributed by atoms with Crippen LogP contribution >= 0.6 is 46.4 Å². The zero-order valence-electron chi connectivity index (χ0n) is 18.8. The Morgan fingerprint density at radius 2 is 1.46 bits per heavy atom. The first kappa shape index (κ1) is 25.5. The fourth-order valence-electron chi connectivity index (χ4n) is 4.36. The highest BCUT2D eigenvalue weighted by molar-refractivity contribution is 6.56. The van der Waals surface area contributed by atoms with E-state index in [1.165, 1.54) is 24.3 Å². The van der Waals surface area contributed by atoms with Gasteiger partial charge >= 0.3 is 5.97 Å². The summed E-state index contributed by atoms with van der Waals surface area (Å²) in [5.74, 6) is -2.77. The van der Waals surface area contributed by atoms with Gasteiger partial charge < -0.3 is 9.64 Å². The van der Waals surface area contributed by atoms with Crippen molar-refractivity contribution < 1.29 is 23.9 Å². The van der Waals surface area contributed by atoms with Crippen LogP contribution in [0.1, 0.15) is 32.7 Å². The molecule has 0 saturated carbocycles. The molecule has 2 aliphatic rings. The fraction of sp³-hybridized carbons (Fsp3) is 0.154. The van der Waals surface area contributed by atoms with E-state index in [0.717, 1.165) is 10.5 Å². The summed E-state index contributed by atoms with van der Waals surface area (Å²) in [6.07, 6.45) is 0.0300. The molecule has 0 radical (unpaired) electrons. The Balaban J connectivity index is 1.33. The second-order valence-corrected chi connectivity index (χ2v) is 10.0. The minimum Gasteiger partial charge on any atom is -0.426 e. The second kappa shape index (κ2) is 9.99. The summed E-state index contributed by atoms with van der Waals surface area (Å²) in [7, 11) is 0. The van der Waals surface area contributed by atoms with Gasteiger partial charge in [-0.1, -0.05) is 82.8 Å². The summed E-state index contributed by atoms with van der Waals surface area (Å²) in [5.41, 5.74) is 0.776. The molecule has 5 rings (SSSR count). The van der Waals surface area contributed by atoms with Crippen molar-refractivity contribution in [3.63, 3.8) is 0 Å². The Kier molecular flexibility index (Phi) is 6.89. The van der Waals surface area contributed by atoms with Crippen molar-refractivity contribution in [1.82, 2.24) is 4.90 Å². The largest absolute Gasteiger partial charge is 0.426 e. The maximum absolute atomic E-state index is 13.1. The van der Waals surface area contributed by atoms with Gasteiger partial charge in [-0.05, 0) is 17.7 Å². The molecule has 0 aromatic heterocycles. The number of hydrogen-bond acceptors (Lipinski definition) is 5. The number of benzene rings is 3. The van der Waals surface area contributed by atoms with Gasteiger partial charge in [-0.3, -0.25) is 19.2 Å². The van der Waals surface area contributed by atoms with Crippen LogP contribution in [0.15, 0.2) is 54.6 Å². The molecular formula is C26H16Cl4N2O5. The summed E-state index contributed by atoms with van der Waals surface area (Å²) >= 11 is 24.5. The van der Waals surface area contributed by atoms with Crippen molar-refractivity contribution in [3.05, 3.63) is 91.4 Å². The quantitative estimate of drug-likeness (QED) is 0.121. The molecule has 7 nitrogen and oxygen atoms in total. The lowest BCUT2D eigenvalue weighted by molar-refractivity contribution is -0.139. The van der Waals surface area contributed by atoms with E-state index in [-0.39, 0.29) is 61.5 Å². The van der Waals surface area contributed by atoms with Crippen LogP contribution in [-0.4, -0.2) is 35.1 Å². The Bertz CT molecular complexity index is 1430. The third-order valence-corrected chi connectivity index (χ3v) is 7.96.